The number of aromatic nitrogens is 2. The lowest BCUT2D eigenvalue weighted by Gasteiger charge is -2.32. The number of hydrogen-bond acceptors (Lipinski definition) is 6. The van der Waals surface area contributed by atoms with Gasteiger partial charge in [0.25, 0.3) is 0 Å². The summed E-state index contributed by atoms with van der Waals surface area (Å²) in [4.78, 5) is 6.89. The average Bonchev–Trinajstić information content (AvgIpc) is 3.47. The van der Waals surface area contributed by atoms with E-state index in [-0.39, 0.29) is 6.10 Å². The summed E-state index contributed by atoms with van der Waals surface area (Å²) in [6.07, 6.45) is 2.41. The fourth-order valence-corrected chi connectivity index (χ4v) is 3.65. The van der Waals surface area contributed by atoms with Crippen molar-refractivity contribution in [2.24, 2.45) is 0 Å². The van der Waals surface area contributed by atoms with Crippen LogP contribution in [0.15, 0.2) is 40.9 Å². The van der Waals surface area contributed by atoms with Gasteiger partial charge in [0.05, 0.1) is 26.4 Å². The van der Waals surface area contributed by atoms with Gasteiger partial charge in [-0.25, -0.2) is 0 Å². The quantitative estimate of drug-likeness (QED) is 0.687. The van der Waals surface area contributed by atoms with Gasteiger partial charge in [0.1, 0.15) is 5.75 Å². The monoisotopic (exact) mass is 365 g/mol. The molecule has 1 saturated carbocycles. The summed E-state index contributed by atoms with van der Waals surface area (Å²) < 4.78 is 16.7. The van der Waals surface area contributed by atoms with Crippen molar-refractivity contribution in [2.75, 3.05) is 26.8 Å². The summed E-state index contributed by atoms with van der Waals surface area (Å²) in [5, 5.41) is 6.51. The first-order chi connectivity index (χ1) is 13.3. The molecule has 0 radical (unpaired) electrons. The van der Waals surface area contributed by atoms with E-state index in [1.54, 1.807) is 7.11 Å². The summed E-state index contributed by atoms with van der Waals surface area (Å²) >= 11 is 0. The van der Waals surface area contributed by atoms with E-state index in [0.717, 1.165) is 30.6 Å². The van der Waals surface area contributed by atoms with Crippen LogP contribution in [0.5, 0.6) is 5.75 Å². The molecule has 1 aliphatic heterocycles. The Kier molecular flexibility index (Phi) is 4.30. The highest BCUT2D eigenvalue weighted by Gasteiger charge is 2.30. The molecule has 1 unspecified atom stereocenters. The second kappa shape index (κ2) is 6.94. The normalized spacial score (nSPS) is 20.9. The van der Waals surface area contributed by atoms with Crippen molar-refractivity contribution >= 4 is 10.8 Å². The van der Waals surface area contributed by atoms with Crippen LogP contribution in [0.1, 0.15) is 42.1 Å². The van der Waals surface area contributed by atoms with Gasteiger partial charge in [0, 0.05) is 19.0 Å². The summed E-state index contributed by atoms with van der Waals surface area (Å²) in [5.74, 6) is 2.96. The maximum atomic E-state index is 6.05. The molecule has 2 aliphatic rings. The Morgan fingerprint density at radius 1 is 1.15 bits per heavy atom. The summed E-state index contributed by atoms with van der Waals surface area (Å²) in [7, 11) is 1.69. The van der Waals surface area contributed by atoms with Gasteiger partial charge < -0.3 is 14.0 Å². The topological polar surface area (TPSA) is 60.6 Å². The van der Waals surface area contributed by atoms with Crippen LogP contribution in [0.25, 0.3) is 10.8 Å². The maximum Gasteiger partial charge on any atom is 0.229 e. The van der Waals surface area contributed by atoms with Crippen LogP contribution in [0, 0.1) is 0 Å². The first kappa shape index (κ1) is 16.7. The number of rotatable bonds is 5. The third-order valence-electron chi connectivity index (χ3n) is 5.37. The molecule has 0 N–H and O–H groups in total. The summed E-state index contributed by atoms with van der Waals surface area (Å²) in [5.41, 5.74) is 1.20. The van der Waals surface area contributed by atoms with Gasteiger partial charge in [0.2, 0.25) is 5.89 Å². The van der Waals surface area contributed by atoms with Crippen LogP contribution < -0.4 is 4.74 Å². The number of morpholine rings is 1. The van der Waals surface area contributed by atoms with Crippen LogP contribution in [-0.2, 0) is 11.3 Å². The average molecular weight is 365 g/mol. The third kappa shape index (κ3) is 3.55. The zero-order valence-electron chi connectivity index (χ0n) is 15.4. The minimum Gasteiger partial charge on any atom is -0.497 e. The van der Waals surface area contributed by atoms with E-state index in [0.29, 0.717) is 19.1 Å². The Morgan fingerprint density at radius 2 is 2.00 bits per heavy atom. The fourth-order valence-electron chi connectivity index (χ4n) is 3.65. The van der Waals surface area contributed by atoms with Crippen LogP contribution >= 0.6 is 0 Å². The van der Waals surface area contributed by atoms with Crippen molar-refractivity contribution in [1.82, 2.24) is 15.0 Å². The lowest BCUT2D eigenvalue weighted by atomic mass is 10.0. The zero-order valence-corrected chi connectivity index (χ0v) is 15.4. The van der Waals surface area contributed by atoms with Gasteiger partial charge in [-0.3, -0.25) is 4.90 Å². The van der Waals surface area contributed by atoms with E-state index in [1.165, 1.54) is 29.2 Å². The van der Waals surface area contributed by atoms with Crippen LogP contribution in [0.4, 0.5) is 0 Å². The van der Waals surface area contributed by atoms with Gasteiger partial charge >= 0.3 is 0 Å². The number of fused-ring (bicyclic) bond motifs is 1. The molecule has 6 nitrogen and oxygen atoms in total. The SMILES string of the molecule is COc1ccc2cc(C3CN(Cc4noc(C5CC5)n4)CCO3)ccc2c1. The lowest BCUT2D eigenvalue weighted by molar-refractivity contribution is -0.0337. The molecular weight excluding hydrogens is 342 g/mol. The standard InChI is InChI=1S/C21H23N3O3/c1-25-18-7-6-15-10-17(5-4-16(15)11-18)19-12-24(8-9-26-19)13-20-22-21(27-23-20)14-2-3-14/h4-7,10-11,14,19H,2-3,8-9,12-13H2,1H3. The molecule has 140 valence electrons. The number of benzene rings is 2. The Balaban J connectivity index is 1.30. The number of nitrogens with zero attached hydrogens (tertiary/aromatic N) is 3. The van der Waals surface area contributed by atoms with Gasteiger partial charge in [0.15, 0.2) is 5.82 Å². The minimum atomic E-state index is 0.0556. The van der Waals surface area contributed by atoms with E-state index in [9.17, 15) is 0 Å². The Hall–Kier alpha value is -2.44. The zero-order chi connectivity index (χ0) is 18.2. The molecule has 5 rings (SSSR count). The second-order valence-corrected chi connectivity index (χ2v) is 7.39. The molecule has 1 saturated heterocycles. The molecule has 6 heteroatoms. The minimum absolute atomic E-state index is 0.0556. The van der Waals surface area contributed by atoms with Crippen molar-refractivity contribution in [3.63, 3.8) is 0 Å². The van der Waals surface area contributed by atoms with Gasteiger partial charge in [-0.05, 0) is 47.4 Å². The molecular formula is C21H23N3O3. The van der Waals surface area contributed by atoms with Crippen LogP contribution in [0.3, 0.4) is 0 Å². The molecule has 2 aromatic carbocycles. The molecule has 0 bridgehead atoms. The van der Waals surface area contributed by atoms with Crippen molar-refractivity contribution in [2.45, 2.75) is 31.4 Å². The van der Waals surface area contributed by atoms with Crippen molar-refractivity contribution in [3.05, 3.63) is 53.7 Å². The number of methoxy groups -OCH3 is 1. The van der Waals surface area contributed by atoms with Crippen LogP contribution in [0.2, 0.25) is 0 Å². The molecule has 0 spiro atoms. The molecule has 2 heterocycles. The Bertz CT molecular complexity index is 951. The van der Waals surface area contributed by atoms with E-state index in [1.807, 2.05) is 6.07 Å². The van der Waals surface area contributed by atoms with Gasteiger partial charge in [-0.15, -0.1) is 0 Å². The molecule has 2 fully saturated rings. The van der Waals surface area contributed by atoms with E-state index in [4.69, 9.17) is 14.0 Å². The van der Waals surface area contributed by atoms with Crippen molar-refractivity contribution < 1.29 is 14.0 Å². The number of ether oxygens (including phenoxy) is 2. The largest absolute Gasteiger partial charge is 0.497 e. The first-order valence-electron chi connectivity index (χ1n) is 9.52. The highest BCUT2D eigenvalue weighted by molar-refractivity contribution is 5.84. The molecule has 1 aliphatic carbocycles. The molecule has 0 amide bonds. The third-order valence-corrected chi connectivity index (χ3v) is 5.37. The van der Waals surface area contributed by atoms with Crippen molar-refractivity contribution in [3.8, 4) is 5.75 Å². The van der Waals surface area contributed by atoms with E-state index in [2.05, 4.69) is 45.4 Å². The Morgan fingerprint density at radius 3 is 2.85 bits per heavy atom. The number of hydrogen-bond donors (Lipinski definition) is 0. The summed E-state index contributed by atoms with van der Waals surface area (Å²) in [6.45, 7) is 3.13. The molecule has 1 atom stereocenters. The maximum absolute atomic E-state index is 6.05. The lowest BCUT2D eigenvalue weighted by Crippen LogP contribution is -2.38. The molecule has 3 aromatic rings. The van der Waals surface area contributed by atoms with Gasteiger partial charge in [-0.1, -0.05) is 23.4 Å². The first-order valence-corrected chi connectivity index (χ1v) is 9.52. The predicted molar refractivity (Wildman–Crippen MR) is 101 cm³/mol. The van der Waals surface area contributed by atoms with Crippen LogP contribution in [-0.4, -0.2) is 41.8 Å². The second-order valence-electron chi connectivity index (χ2n) is 7.39. The highest BCUT2D eigenvalue weighted by Crippen LogP contribution is 2.39. The summed E-state index contributed by atoms with van der Waals surface area (Å²) in [6, 6.07) is 12.6. The highest BCUT2D eigenvalue weighted by atomic mass is 16.5. The van der Waals surface area contributed by atoms with Gasteiger partial charge in [-0.2, -0.15) is 4.98 Å². The fraction of sp³-hybridized carbons (Fsp3) is 0.429. The van der Waals surface area contributed by atoms with Crippen molar-refractivity contribution in [1.29, 1.82) is 0 Å². The molecule has 1 aromatic heterocycles. The van der Waals surface area contributed by atoms with E-state index >= 15 is 0 Å². The Labute approximate surface area is 158 Å². The predicted octanol–water partition coefficient (Wildman–Crippen LogP) is 3.68. The smallest absolute Gasteiger partial charge is 0.229 e. The van der Waals surface area contributed by atoms with E-state index < -0.39 is 0 Å². The molecule has 27 heavy (non-hydrogen) atoms.